The van der Waals surface area contributed by atoms with Crippen LogP contribution in [0.1, 0.15) is 17.3 Å². The van der Waals surface area contributed by atoms with Crippen LogP contribution < -0.4 is 10.6 Å². The molecule has 2 heterocycles. The second-order valence-electron chi connectivity index (χ2n) is 6.13. The van der Waals surface area contributed by atoms with Gasteiger partial charge in [0.2, 0.25) is 5.91 Å². The second-order valence-corrected chi connectivity index (χ2v) is 7.03. The van der Waals surface area contributed by atoms with Crippen LogP contribution in [0.2, 0.25) is 0 Å². The minimum Gasteiger partial charge on any atom is -0.355 e. The number of nitrogens with zero attached hydrogens (tertiary/aromatic N) is 2. The highest BCUT2D eigenvalue weighted by molar-refractivity contribution is 7.13. The lowest BCUT2D eigenvalue weighted by atomic mass is 10.1. The number of anilines is 1. The van der Waals surface area contributed by atoms with Crippen LogP contribution in [-0.2, 0) is 4.79 Å². The van der Waals surface area contributed by atoms with Crippen molar-refractivity contribution in [3.05, 3.63) is 65.7 Å². The maximum atomic E-state index is 12.6. The molecule has 0 saturated carbocycles. The number of carbonyl (C=O) groups is 2. The molecule has 1 atom stereocenters. The Bertz CT molecular complexity index is 1120. The van der Waals surface area contributed by atoms with Crippen molar-refractivity contribution in [3.63, 3.8) is 0 Å². The normalized spacial score (nSPS) is 11.9. The average molecular weight is 392 g/mol. The summed E-state index contributed by atoms with van der Waals surface area (Å²) in [5, 5.41) is 12.4. The van der Waals surface area contributed by atoms with Crippen molar-refractivity contribution in [1.29, 1.82) is 0 Å². The van der Waals surface area contributed by atoms with Crippen LogP contribution in [0.15, 0.2) is 64.6 Å². The molecule has 4 rings (SSSR count). The molecular formula is C20H16N4O3S. The minimum absolute atomic E-state index is 0.334. The monoisotopic (exact) mass is 392 g/mol. The number of aromatic nitrogens is 2. The Morgan fingerprint density at radius 3 is 2.71 bits per heavy atom. The standard InChI is InChI=1S/C20H16N4O3S/c1-12(18(25)23-20-21-9-10-28-20)22-19(26)14-7-8-16-15(11-14)17(27-24-16)13-5-3-2-4-6-13/h2-12H,1H3,(H,22,26)(H,21,23,25)/t12-/m0/s1. The van der Waals surface area contributed by atoms with E-state index in [0.29, 0.717) is 22.0 Å². The van der Waals surface area contributed by atoms with Gasteiger partial charge in [0.25, 0.3) is 5.91 Å². The fraction of sp³-hybridized carbons (Fsp3) is 0.100. The topological polar surface area (TPSA) is 97.1 Å². The number of fused-ring (bicyclic) bond motifs is 1. The summed E-state index contributed by atoms with van der Waals surface area (Å²) in [6.07, 6.45) is 1.60. The molecule has 0 bridgehead atoms. The SMILES string of the molecule is C[C@H](NC(=O)c1ccc2noc(-c3ccccc3)c2c1)C(=O)Nc1nccs1. The molecule has 0 aliphatic carbocycles. The van der Waals surface area contributed by atoms with Crippen LogP contribution >= 0.6 is 11.3 Å². The quantitative estimate of drug-likeness (QED) is 0.540. The molecule has 0 fully saturated rings. The third-order valence-electron chi connectivity index (χ3n) is 4.18. The van der Waals surface area contributed by atoms with Gasteiger partial charge in [0.05, 0.1) is 5.39 Å². The predicted molar refractivity (Wildman–Crippen MR) is 107 cm³/mol. The van der Waals surface area contributed by atoms with Crippen molar-refractivity contribution in [2.24, 2.45) is 0 Å². The van der Waals surface area contributed by atoms with Crippen molar-refractivity contribution in [3.8, 4) is 11.3 Å². The van der Waals surface area contributed by atoms with Crippen molar-refractivity contribution < 1.29 is 14.1 Å². The van der Waals surface area contributed by atoms with Gasteiger partial charge in [-0.2, -0.15) is 0 Å². The van der Waals surface area contributed by atoms with Crippen molar-refractivity contribution >= 4 is 39.2 Å². The summed E-state index contributed by atoms with van der Waals surface area (Å²) in [5.74, 6) is -0.0944. The van der Waals surface area contributed by atoms with Crippen molar-refractivity contribution in [1.82, 2.24) is 15.5 Å². The molecule has 2 N–H and O–H groups in total. The molecule has 0 aliphatic heterocycles. The van der Waals surface area contributed by atoms with Crippen LogP contribution in [-0.4, -0.2) is 28.0 Å². The lowest BCUT2D eigenvalue weighted by Crippen LogP contribution is -2.41. The van der Waals surface area contributed by atoms with E-state index in [2.05, 4.69) is 20.8 Å². The van der Waals surface area contributed by atoms with Gasteiger partial charge >= 0.3 is 0 Å². The van der Waals surface area contributed by atoms with E-state index < -0.39 is 6.04 Å². The zero-order valence-corrected chi connectivity index (χ0v) is 15.7. The average Bonchev–Trinajstić information content (AvgIpc) is 3.37. The van der Waals surface area contributed by atoms with E-state index in [1.165, 1.54) is 11.3 Å². The number of thiazole rings is 1. The van der Waals surface area contributed by atoms with E-state index >= 15 is 0 Å². The fourth-order valence-electron chi connectivity index (χ4n) is 2.72. The first-order valence-electron chi connectivity index (χ1n) is 8.58. The first-order chi connectivity index (χ1) is 13.6. The molecule has 0 spiro atoms. The Labute approximate surface area is 164 Å². The summed E-state index contributed by atoms with van der Waals surface area (Å²) in [6, 6.07) is 13.9. The van der Waals surface area contributed by atoms with Crippen LogP contribution in [0.25, 0.3) is 22.2 Å². The van der Waals surface area contributed by atoms with E-state index in [-0.39, 0.29) is 11.8 Å². The molecule has 0 radical (unpaired) electrons. The second kappa shape index (κ2) is 7.61. The van der Waals surface area contributed by atoms with E-state index in [4.69, 9.17) is 4.52 Å². The molecular weight excluding hydrogens is 376 g/mol. The Kier molecular flexibility index (Phi) is 4.86. The maximum absolute atomic E-state index is 12.6. The van der Waals surface area contributed by atoms with Gasteiger partial charge < -0.3 is 15.2 Å². The molecule has 8 heteroatoms. The highest BCUT2D eigenvalue weighted by atomic mass is 32.1. The number of nitrogens with one attached hydrogen (secondary N) is 2. The van der Waals surface area contributed by atoms with Crippen molar-refractivity contribution in [2.45, 2.75) is 13.0 Å². The van der Waals surface area contributed by atoms with Gasteiger partial charge in [-0.25, -0.2) is 4.98 Å². The van der Waals surface area contributed by atoms with E-state index in [1.54, 1.807) is 36.7 Å². The molecule has 4 aromatic rings. The van der Waals surface area contributed by atoms with Gasteiger partial charge in [-0.1, -0.05) is 35.5 Å². The van der Waals surface area contributed by atoms with Crippen LogP contribution in [0, 0.1) is 0 Å². The van der Waals surface area contributed by atoms with Gasteiger partial charge in [-0.3, -0.25) is 9.59 Å². The van der Waals surface area contributed by atoms with E-state index in [0.717, 1.165) is 10.9 Å². The summed E-state index contributed by atoms with van der Waals surface area (Å²) in [6.45, 7) is 1.62. The lowest BCUT2D eigenvalue weighted by molar-refractivity contribution is -0.117. The Hall–Kier alpha value is -3.52. The Morgan fingerprint density at radius 2 is 1.96 bits per heavy atom. The van der Waals surface area contributed by atoms with Gasteiger partial charge in [0, 0.05) is 22.7 Å². The number of hydrogen-bond acceptors (Lipinski definition) is 6. The summed E-state index contributed by atoms with van der Waals surface area (Å²) >= 11 is 1.31. The Balaban J connectivity index is 1.53. The third-order valence-corrected chi connectivity index (χ3v) is 4.87. The zero-order chi connectivity index (χ0) is 19.5. The van der Waals surface area contributed by atoms with Crippen molar-refractivity contribution in [2.75, 3.05) is 5.32 Å². The first-order valence-corrected chi connectivity index (χ1v) is 9.46. The molecule has 0 aliphatic rings. The summed E-state index contributed by atoms with van der Waals surface area (Å²) in [4.78, 5) is 28.8. The number of carbonyl (C=O) groups excluding carboxylic acids is 2. The molecule has 2 aromatic heterocycles. The largest absolute Gasteiger partial charge is 0.355 e. The number of amides is 2. The third kappa shape index (κ3) is 3.63. The first kappa shape index (κ1) is 17.9. The number of rotatable bonds is 5. The minimum atomic E-state index is -0.719. The van der Waals surface area contributed by atoms with Crippen LogP contribution in [0.4, 0.5) is 5.13 Å². The summed E-state index contributed by atoms with van der Waals surface area (Å²) < 4.78 is 5.46. The summed E-state index contributed by atoms with van der Waals surface area (Å²) in [7, 11) is 0. The predicted octanol–water partition coefficient (Wildman–Crippen LogP) is 3.71. The number of benzene rings is 2. The molecule has 2 aromatic carbocycles. The zero-order valence-electron chi connectivity index (χ0n) is 14.9. The lowest BCUT2D eigenvalue weighted by Gasteiger charge is -2.13. The van der Waals surface area contributed by atoms with Gasteiger partial charge in [0.1, 0.15) is 11.6 Å². The van der Waals surface area contributed by atoms with Gasteiger partial charge in [-0.15, -0.1) is 11.3 Å². The molecule has 7 nitrogen and oxygen atoms in total. The van der Waals surface area contributed by atoms with Gasteiger partial charge in [0.15, 0.2) is 10.9 Å². The molecule has 140 valence electrons. The molecule has 0 saturated heterocycles. The highest BCUT2D eigenvalue weighted by Gasteiger charge is 2.19. The highest BCUT2D eigenvalue weighted by Crippen LogP contribution is 2.29. The Morgan fingerprint density at radius 1 is 1.14 bits per heavy atom. The maximum Gasteiger partial charge on any atom is 0.251 e. The molecule has 2 amide bonds. The van der Waals surface area contributed by atoms with Crippen LogP contribution in [0.3, 0.4) is 0 Å². The summed E-state index contributed by atoms with van der Waals surface area (Å²) in [5.41, 5.74) is 1.95. The van der Waals surface area contributed by atoms with E-state index in [9.17, 15) is 9.59 Å². The fourth-order valence-corrected chi connectivity index (χ4v) is 3.26. The van der Waals surface area contributed by atoms with E-state index in [1.807, 2.05) is 30.3 Å². The number of hydrogen-bond donors (Lipinski definition) is 2. The smallest absolute Gasteiger partial charge is 0.251 e. The molecule has 28 heavy (non-hydrogen) atoms. The molecule has 0 unspecified atom stereocenters. The van der Waals surface area contributed by atoms with Gasteiger partial charge in [-0.05, 0) is 25.1 Å². The van der Waals surface area contributed by atoms with Crippen LogP contribution in [0.5, 0.6) is 0 Å².